The zero-order valence-corrected chi connectivity index (χ0v) is 8.40. The molecule has 74 valence electrons. The van der Waals surface area contributed by atoms with Gasteiger partial charge in [-0.1, -0.05) is 24.3 Å². The zero-order chi connectivity index (χ0) is 10.4. The number of hydrogen-bond donors (Lipinski definition) is 0. The van der Waals surface area contributed by atoms with Crippen LogP contribution in [0.2, 0.25) is 0 Å². The molecule has 0 aromatic heterocycles. The number of fused-ring (bicyclic) bond motifs is 3. The molecule has 2 aliphatic rings. The van der Waals surface area contributed by atoms with Gasteiger partial charge in [0.2, 0.25) is 0 Å². The maximum absolute atomic E-state index is 11.3. The van der Waals surface area contributed by atoms with E-state index in [-0.39, 0.29) is 5.91 Å². The summed E-state index contributed by atoms with van der Waals surface area (Å²) >= 11 is 0. The molecule has 0 radical (unpaired) electrons. The van der Waals surface area contributed by atoms with Crippen molar-refractivity contribution in [3.05, 3.63) is 41.1 Å². The molecule has 0 spiro atoms. The van der Waals surface area contributed by atoms with Crippen LogP contribution in [-0.4, -0.2) is 23.2 Å². The number of amidine groups is 1. The number of amides is 1. The molecule has 1 amide bonds. The van der Waals surface area contributed by atoms with Crippen molar-refractivity contribution in [1.82, 2.24) is 4.90 Å². The van der Waals surface area contributed by atoms with Gasteiger partial charge in [-0.15, -0.1) is 0 Å². The molecule has 0 atom stereocenters. The maximum Gasteiger partial charge on any atom is 0.267 e. The third kappa shape index (κ3) is 1.13. The lowest BCUT2D eigenvalue weighted by Crippen LogP contribution is -2.30. The van der Waals surface area contributed by atoms with Crippen LogP contribution in [0.1, 0.15) is 18.1 Å². The van der Waals surface area contributed by atoms with Crippen LogP contribution in [0.3, 0.4) is 0 Å². The second-order valence-electron chi connectivity index (χ2n) is 3.79. The monoisotopic (exact) mass is 198 g/mol. The summed E-state index contributed by atoms with van der Waals surface area (Å²) in [5, 5.41) is 0. The quantitative estimate of drug-likeness (QED) is 0.635. The summed E-state index contributed by atoms with van der Waals surface area (Å²) < 4.78 is 0. The lowest BCUT2D eigenvalue weighted by molar-refractivity contribution is -0.116. The van der Waals surface area contributed by atoms with E-state index in [0.717, 1.165) is 22.7 Å². The number of nitrogens with zero attached hydrogens (tertiary/aromatic N) is 2. The Morgan fingerprint density at radius 2 is 2.13 bits per heavy atom. The van der Waals surface area contributed by atoms with E-state index >= 15 is 0 Å². The molecule has 1 aromatic carbocycles. The number of hydrogen-bond acceptors (Lipinski definition) is 2. The summed E-state index contributed by atoms with van der Waals surface area (Å²) in [6, 6.07) is 8.01. The first kappa shape index (κ1) is 8.41. The lowest BCUT2D eigenvalue weighted by Gasteiger charge is -2.25. The third-order valence-corrected chi connectivity index (χ3v) is 2.77. The van der Waals surface area contributed by atoms with E-state index in [0.29, 0.717) is 6.54 Å². The lowest BCUT2D eigenvalue weighted by atomic mass is 10.0. The molecule has 0 aliphatic carbocycles. The first-order chi connectivity index (χ1) is 7.25. The highest BCUT2D eigenvalue weighted by atomic mass is 16.2. The Morgan fingerprint density at radius 3 is 3.00 bits per heavy atom. The smallest absolute Gasteiger partial charge is 0.267 e. The number of aliphatic imine (C=N–C) groups is 1. The standard InChI is InChI=1S/C12H10N2O/c1-8-6-9-4-2-3-5-10(9)12-13-11(15)7-14(8)12/h2-6H,7H2,1H3. The normalized spacial score (nSPS) is 18.2. The summed E-state index contributed by atoms with van der Waals surface area (Å²) in [4.78, 5) is 17.3. The van der Waals surface area contributed by atoms with Crippen LogP contribution < -0.4 is 0 Å². The van der Waals surface area contributed by atoms with E-state index in [4.69, 9.17) is 0 Å². The molecular formula is C12H10N2O. The van der Waals surface area contributed by atoms with Gasteiger partial charge < -0.3 is 4.90 Å². The number of carbonyl (C=O) groups is 1. The van der Waals surface area contributed by atoms with Gasteiger partial charge >= 0.3 is 0 Å². The number of rotatable bonds is 0. The molecule has 1 aromatic rings. The Labute approximate surface area is 87.7 Å². The topological polar surface area (TPSA) is 32.7 Å². The van der Waals surface area contributed by atoms with Gasteiger partial charge in [0, 0.05) is 11.3 Å². The van der Waals surface area contributed by atoms with Crippen LogP contribution in [0.5, 0.6) is 0 Å². The Kier molecular flexibility index (Phi) is 1.57. The van der Waals surface area contributed by atoms with Gasteiger partial charge in [0.15, 0.2) is 0 Å². The Hall–Kier alpha value is -1.90. The molecule has 3 heteroatoms. The van der Waals surface area contributed by atoms with Crippen molar-refractivity contribution in [2.75, 3.05) is 6.54 Å². The van der Waals surface area contributed by atoms with Crippen LogP contribution in [0.4, 0.5) is 0 Å². The molecule has 0 bridgehead atoms. The average molecular weight is 198 g/mol. The summed E-state index contributed by atoms with van der Waals surface area (Å²) in [5.74, 6) is 0.741. The van der Waals surface area contributed by atoms with Crippen LogP contribution in [0.25, 0.3) is 6.08 Å². The van der Waals surface area contributed by atoms with Crippen molar-refractivity contribution in [3.63, 3.8) is 0 Å². The molecular weight excluding hydrogens is 188 g/mol. The highest BCUT2D eigenvalue weighted by Gasteiger charge is 2.29. The van der Waals surface area contributed by atoms with Gasteiger partial charge in [0.1, 0.15) is 12.4 Å². The van der Waals surface area contributed by atoms with Crippen LogP contribution >= 0.6 is 0 Å². The SMILES string of the molecule is CC1=Cc2ccccc2C2=NC(=O)CN12. The van der Waals surface area contributed by atoms with Gasteiger partial charge in [-0.3, -0.25) is 4.79 Å². The molecule has 0 N–H and O–H groups in total. The van der Waals surface area contributed by atoms with Crippen molar-refractivity contribution in [1.29, 1.82) is 0 Å². The summed E-state index contributed by atoms with van der Waals surface area (Å²) in [7, 11) is 0. The van der Waals surface area contributed by atoms with Gasteiger partial charge in [-0.25, -0.2) is 0 Å². The summed E-state index contributed by atoms with van der Waals surface area (Å²) in [6.07, 6.45) is 2.09. The van der Waals surface area contributed by atoms with Crippen LogP contribution in [0, 0.1) is 0 Å². The molecule has 3 nitrogen and oxygen atoms in total. The minimum absolute atomic E-state index is 0.0607. The van der Waals surface area contributed by atoms with Crippen molar-refractivity contribution in [3.8, 4) is 0 Å². The van der Waals surface area contributed by atoms with Crippen molar-refractivity contribution in [2.24, 2.45) is 4.99 Å². The largest absolute Gasteiger partial charge is 0.320 e. The van der Waals surface area contributed by atoms with Crippen molar-refractivity contribution >= 4 is 17.8 Å². The van der Waals surface area contributed by atoms with Crippen LogP contribution in [-0.2, 0) is 4.79 Å². The molecule has 0 saturated heterocycles. The number of benzene rings is 1. The molecule has 2 heterocycles. The molecule has 15 heavy (non-hydrogen) atoms. The molecule has 2 aliphatic heterocycles. The Balaban J connectivity index is 2.26. The highest BCUT2D eigenvalue weighted by molar-refractivity contribution is 6.14. The fraction of sp³-hybridized carbons (Fsp3) is 0.167. The maximum atomic E-state index is 11.3. The first-order valence-electron chi connectivity index (χ1n) is 4.92. The van der Waals surface area contributed by atoms with Gasteiger partial charge in [0.05, 0.1) is 0 Å². The fourth-order valence-electron chi connectivity index (χ4n) is 2.05. The van der Waals surface area contributed by atoms with E-state index in [9.17, 15) is 4.79 Å². The average Bonchev–Trinajstić information content (AvgIpc) is 2.61. The predicted molar refractivity (Wildman–Crippen MR) is 58.3 cm³/mol. The predicted octanol–water partition coefficient (Wildman–Crippen LogP) is 1.65. The van der Waals surface area contributed by atoms with Gasteiger partial charge in [-0.05, 0) is 18.6 Å². The van der Waals surface area contributed by atoms with E-state index in [1.165, 1.54) is 0 Å². The second-order valence-corrected chi connectivity index (χ2v) is 3.79. The molecule has 0 fully saturated rings. The van der Waals surface area contributed by atoms with Gasteiger partial charge in [0.25, 0.3) is 5.91 Å². The van der Waals surface area contributed by atoms with E-state index in [1.54, 1.807) is 0 Å². The van der Waals surface area contributed by atoms with Crippen molar-refractivity contribution in [2.45, 2.75) is 6.92 Å². The van der Waals surface area contributed by atoms with Gasteiger partial charge in [-0.2, -0.15) is 4.99 Å². The second kappa shape index (κ2) is 2.79. The molecule has 3 rings (SSSR count). The van der Waals surface area contributed by atoms with E-state index < -0.39 is 0 Å². The minimum atomic E-state index is -0.0607. The van der Waals surface area contributed by atoms with E-state index in [1.807, 2.05) is 36.1 Å². The summed E-state index contributed by atoms with van der Waals surface area (Å²) in [6.45, 7) is 2.38. The highest BCUT2D eigenvalue weighted by Crippen LogP contribution is 2.27. The van der Waals surface area contributed by atoms with Crippen molar-refractivity contribution < 1.29 is 4.79 Å². The Bertz CT molecular complexity index is 514. The fourth-order valence-corrected chi connectivity index (χ4v) is 2.05. The minimum Gasteiger partial charge on any atom is -0.320 e. The molecule has 0 unspecified atom stereocenters. The van der Waals surface area contributed by atoms with E-state index in [2.05, 4.69) is 11.1 Å². The Morgan fingerprint density at radius 1 is 1.33 bits per heavy atom. The third-order valence-electron chi connectivity index (χ3n) is 2.77. The number of carbonyl (C=O) groups excluding carboxylic acids is 1. The first-order valence-corrected chi connectivity index (χ1v) is 4.92. The molecule has 0 saturated carbocycles. The van der Waals surface area contributed by atoms with Crippen LogP contribution in [0.15, 0.2) is 35.0 Å². The number of allylic oxidation sites excluding steroid dienone is 1. The zero-order valence-electron chi connectivity index (χ0n) is 8.40. The summed E-state index contributed by atoms with van der Waals surface area (Å²) in [5.41, 5.74) is 3.27.